The van der Waals surface area contributed by atoms with Crippen LogP contribution in [0.2, 0.25) is 0 Å². The van der Waals surface area contributed by atoms with Gasteiger partial charge in [0, 0.05) is 12.8 Å². The summed E-state index contributed by atoms with van der Waals surface area (Å²) in [6.45, 7) is 6.91. The molecule has 1 atom stereocenters. The predicted octanol–water partition coefficient (Wildman–Crippen LogP) is 3.80. The summed E-state index contributed by atoms with van der Waals surface area (Å²) in [7, 11) is 1.61. The molecule has 1 amide bonds. The molecule has 0 saturated carbocycles. The number of methoxy groups -OCH3 is 1. The third kappa shape index (κ3) is 4.77. The van der Waals surface area contributed by atoms with Crippen molar-refractivity contribution in [3.8, 4) is 11.5 Å². The van der Waals surface area contributed by atoms with E-state index in [1.807, 2.05) is 45.2 Å². The van der Waals surface area contributed by atoms with Gasteiger partial charge in [0.2, 0.25) is 6.41 Å². The van der Waals surface area contributed by atoms with E-state index in [1.54, 1.807) is 12.0 Å². The van der Waals surface area contributed by atoms with Gasteiger partial charge in [-0.3, -0.25) is 15.5 Å². The van der Waals surface area contributed by atoms with Gasteiger partial charge < -0.3 is 14.4 Å². The number of benzene rings is 2. The number of hydrogen-bond donors (Lipinski definition) is 1. The third-order valence-corrected chi connectivity index (χ3v) is 4.54. The molecule has 27 heavy (non-hydrogen) atoms. The molecular formula is C21H29N3O3. The monoisotopic (exact) mass is 371 g/mol. The highest BCUT2D eigenvalue weighted by molar-refractivity contribution is 5.90. The first kappa shape index (κ1) is 20.7. The molecule has 6 nitrogen and oxygen atoms in total. The number of aryl methyl sites for hydroxylation is 1. The van der Waals surface area contributed by atoms with Crippen LogP contribution in [-0.4, -0.2) is 44.0 Å². The predicted molar refractivity (Wildman–Crippen MR) is 110 cm³/mol. The maximum Gasteiger partial charge on any atom is 0.210 e. The lowest BCUT2D eigenvalue weighted by Gasteiger charge is -2.15. The Labute approximate surface area is 161 Å². The van der Waals surface area contributed by atoms with Gasteiger partial charge in [0.15, 0.2) is 11.5 Å². The number of likely N-dealkylation sites (tertiary alicyclic amines) is 1. The van der Waals surface area contributed by atoms with E-state index in [9.17, 15) is 4.79 Å². The summed E-state index contributed by atoms with van der Waals surface area (Å²) in [6.07, 6.45) is 4.75. The van der Waals surface area contributed by atoms with E-state index in [0.717, 1.165) is 47.8 Å². The Kier molecular flexibility index (Phi) is 7.61. The van der Waals surface area contributed by atoms with Gasteiger partial charge in [-0.25, -0.2) is 0 Å². The van der Waals surface area contributed by atoms with Crippen LogP contribution in [0, 0.1) is 6.92 Å². The minimum Gasteiger partial charge on any atom is -0.493 e. The largest absolute Gasteiger partial charge is 0.493 e. The van der Waals surface area contributed by atoms with Crippen LogP contribution in [-0.2, 0) is 4.79 Å². The van der Waals surface area contributed by atoms with Crippen LogP contribution in [0.25, 0.3) is 10.8 Å². The molecule has 3 rings (SSSR count). The number of amides is 1. The molecule has 0 radical (unpaired) electrons. The molecule has 0 aliphatic carbocycles. The number of ether oxygens (including phenoxy) is 2. The molecule has 2 aromatic rings. The maximum atomic E-state index is 11.1. The fourth-order valence-electron chi connectivity index (χ4n) is 3.18. The normalized spacial score (nSPS) is 16.3. The summed E-state index contributed by atoms with van der Waals surface area (Å²) in [6, 6.07) is 8.02. The molecule has 2 N–H and O–H groups in total. The van der Waals surface area contributed by atoms with Crippen molar-refractivity contribution in [1.29, 1.82) is 0 Å². The molecule has 0 aromatic heterocycles. The first-order valence-corrected chi connectivity index (χ1v) is 9.36. The van der Waals surface area contributed by atoms with Gasteiger partial charge in [0.1, 0.15) is 6.73 Å². The summed E-state index contributed by atoms with van der Waals surface area (Å²) in [5.41, 5.74) is 7.44. The Morgan fingerprint density at radius 1 is 1.22 bits per heavy atom. The molecule has 1 heterocycles. The SMILES string of the molecule is CC.COc1cc2cc(C)c(N=CC3CCCN3C=O)cc2cc1OCN. The summed E-state index contributed by atoms with van der Waals surface area (Å²) in [5, 5.41) is 2.05. The van der Waals surface area contributed by atoms with E-state index in [2.05, 4.69) is 11.1 Å². The number of rotatable bonds is 6. The molecular weight excluding hydrogens is 342 g/mol. The molecule has 1 aliphatic heterocycles. The number of fused-ring (bicyclic) bond motifs is 1. The molecule has 0 spiro atoms. The van der Waals surface area contributed by atoms with Crippen LogP contribution in [0.1, 0.15) is 32.3 Å². The van der Waals surface area contributed by atoms with Crippen molar-refractivity contribution in [2.75, 3.05) is 20.4 Å². The fourth-order valence-corrected chi connectivity index (χ4v) is 3.18. The van der Waals surface area contributed by atoms with Crippen molar-refractivity contribution >= 4 is 29.1 Å². The van der Waals surface area contributed by atoms with Crippen LogP contribution < -0.4 is 15.2 Å². The summed E-state index contributed by atoms with van der Waals surface area (Å²) < 4.78 is 10.8. The van der Waals surface area contributed by atoms with Crippen molar-refractivity contribution in [3.05, 3.63) is 29.8 Å². The molecule has 1 fully saturated rings. The molecule has 1 aliphatic rings. The second-order valence-electron chi connectivity index (χ2n) is 6.13. The first-order valence-electron chi connectivity index (χ1n) is 9.36. The zero-order valence-electron chi connectivity index (χ0n) is 16.6. The lowest BCUT2D eigenvalue weighted by atomic mass is 10.0. The summed E-state index contributed by atoms with van der Waals surface area (Å²) >= 11 is 0. The van der Waals surface area contributed by atoms with Crippen molar-refractivity contribution in [2.24, 2.45) is 10.7 Å². The Morgan fingerprint density at radius 3 is 2.59 bits per heavy atom. The van der Waals surface area contributed by atoms with Crippen molar-refractivity contribution in [2.45, 2.75) is 39.7 Å². The van der Waals surface area contributed by atoms with Crippen molar-refractivity contribution in [1.82, 2.24) is 4.90 Å². The summed E-state index contributed by atoms with van der Waals surface area (Å²) in [4.78, 5) is 17.5. The highest BCUT2D eigenvalue weighted by Crippen LogP contribution is 2.35. The minimum absolute atomic E-state index is 0.0830. The number of aliphatic imine (C=N–C) groups is 1. The number of carbonyl (C=O) groups excluding carboxylic acids is 1. The zero-order valence-corrected chi connectivity index (χ0v) is 16.6. The van der Waals surface area contributed by atoms with Gasteiger partial charge in [0.05, 0.1) is 18.8 Å². The molecule has 6 heteroatoms. The second kappa shape index (κ2) is 9.92. The highest BCUT2D eigenvalue weighted by atomic mass is 16.5. The second-order valence-corrected chi connectivity index (χ2v) is 6.13. The average molecular weight is 371 g/mol. The Balaban J connectivity index is 0.00000126. The average Bonchev–Trinajstić information content (AvgIpc) is 3.15. The van der Waals surface area contributed by atoms with Gasteiger partial charge in [-0.15, -0.1) is 0 Å². The van der Waals surface area contributed by atoms with E-state index < -0.39 is 0 Å². The van der Waals surface area contributed by atoms with E-state index in [0.29, 0.717) is 11.5 Å². The van der Waals surface area contributed by atoms with Crippen LogP contribution >= 0.6 is 0 Å². The van der Waals surface area contributed by atoms with Gasteiger partial charge in [0.25, 0.3) is 0 Å². The standard InChI is InChI=1S/C19H23N3O3.C2H6/c1-13-6-14-8-18(24-2)19(25-11-20)9-15(14)7-17(13)21-10-16-4-3-5-22(16)12-23;1-2/h6-10,12,16H,3-5,11,20H2,1-2H3;1-2H3. The molecule has 2 aromatic carbocycles. The van der Waals surface area contributed by atoms with E-state index >= 15 is 0 Å². The van der Waals surface area contributed by atoms with E-state index in [-0.39, 0.29) is 12.8 Å². The Morgan fingerprint density at radius 2 is 1.93 bits per heavy atom. The molecule has 146 valence electrons. The maximum absolute atomic E-state index is 11.1. The lowest BCUT2D eigenvalue weighted by molar-refractivity contribution is -0.117. The number of nitrogens with two attached hydrogens (primary N) is 1. The smallest absolute Gasteiger partial charge is 0.210 e. The number of carbonyl (C=O) groups is 1. The zero-order chi connectivity index (χ0) is 19.8. The van der Waals surface area contributed by atoms with Crippen LogP contribution in [0.3, 0.4) is 0 Å². The van der Waals surface area contributed by atoms with Gasteiger partial charge >= 0.3 is 0 Å². The van der Waals surface area contributed by atoms with Crippen LogP contribution in [0.15, 0.2) is 29.3 Å². The number of hydrogen-bond acceptors (Lipinski definition) is 5. The third-order valence-electron chi connectivity index (χ3n) is 4.54. The first-order chi connectivity index (χ1) is 13.2. The molecule has 1 saturated heterocycles. The lowest BCUT2D eigenvalue weighted by Crippen LogP contribution is -2.28. The fraction of sp³-hybridized carbons (Fsp3) is 0.429. The molecule has 1 unspecified atom stereocenters. The van der Waals surface area contributed by atoms with Gasteiger partial charge in [-0.2, -0.15) is 0 Å². The van der Waals surface area contributed by atoms with Crippen molar-refractivity contribution < 1.29 is 14.3 Å². The highest BCUT2D eigenvalue weighted by Gasteiger charge is 2.20. The van der Waals surface area contributed by atoms with Crippen molar-refractivity contribution in [3.63, 3.8) is 0 Å². The van der Waals surface area contributed by atoms with Gasteiger partial charge in [-0.1, -0.05) is 13.8 Å². The number of nitrogens with zero attached hydrogens (tertiary/aromatic N) is 2. The quantitative estimate of drug-likeness (QED) is 0.476. The van der Waals surface area contributed by atoms with E-state index in [4.69, 9.17) is 15.2 Å². The minimum atomic E-state index is 0.0830. The van der Waals surface area contributed by atoms with Crippen LogP contribution in [0.5, 0.6) is 11.5 Å². The molecule has 0 bridgehead atoms. The van der Waals surface area contributed by atoms with E-state index in [1.165, 1.54) is 0 Å². The topological polar surface area (TPSA) is 77.1 Å². The van der Waals surface area contributed by atoms with Crippen LogP contribution in [0.4, 0.5) is 5.69 Å². The summed E-state index contributed by atoms with van der Waals surface area (Å²) in [5.74, 6) is 1.26. The Hall–Kier alpha value is -2.60. The Bertz CT molecular complexity index is 805. The van der Waals surface area contributed by atoms with Gasteiger partial charge in [-0.05, 0) is 60.4 Å².